The van der Waals surface area contributed by atoms with Crippen LogP contribution < -0.4 is 9.47 Å². The fourth-order valence-corrected chi connectivity index (χ4v) is 4.41. The minimum absolute atomic E-state index is 0.385. The first-order valence-corrected chi connectivity index (χ1v) is 12.3. The van der Waals surface area contributed by atoms with Gasteiger partial charge in [0, 0.05) is 51.4 Å². The molecule has 2 aliphatic heterocycles. The summed E-state index contributed by atoms with van der Waals surface area (Å²) in [5.41, 5.74) is 0.671. The molecule has 0 saturated carbocycles. The summed E-state index contributed by atoms with van der Waals surface area (Å²) in [6.45, 7) is 9.07. The topological polar surface area (TPSA) is 52.6 Å². The van der Waals surface area contributed by atoms with Crippen LogP contribution in [-0.2, 0) is 20.8 Å². The van der Waals surface area contributed by atoms with Crippen molar-refractivity contribution in [3.05, 3.63) is 59.1 Å². The smallest absolute Gasteiger partial charge is 0.137 e. The third-order valence-corrected chi connectivity index (χ3v) is 6.50. The molecular weight excluding hydrogens is 456 g/mol. The zero-order chi connectivity index (χ0) is 23.6. The second kappa shape index (κ2) is 12.7. The van der Waals surface area contributed by atoms with Crippen LogP contribution in [0.25, 0.3) is 0 Å². The van der Waals surface area contributed by atoms with Gasteiger partial charge in [-0.15, -0.1) is 0 Å². The van der Waals surface area contributed by atoms with Crippen LogP contribution in [-0.4, -0.2) is 94.9 Å². The van der Waals surface area contributed by atoms with Gasteiger partial charge in [0.2, 0.25) is 0 Å². The summed E-state index contributed by atoms with van der Waals surface area (Å²) < 4.78 is 29.2. The SMILES string of the molecule is COC1(COc2cccc(Cl)c2)COCCN(Cc2ccc(OCCN3CCOCC3)cc2)C1. The Hall–Kier alpha value is -1.87. The normalized spacial score (nSPS) is 22.3. The van der Waals surface area contributed by atoms with Crippen LogP contribution in [0.15, 0.2) is 48.5 Å². The van der Waals surface area contributed by atoms with E-state index in [0.29, 0.717) is 38.0 Å². The predicted octanol–water partition coefficient (Wildman–Crippen LogP) is 3.35. The monoisotopic (exact) mass is 490 g/mol. The predicted molar refractivity (Wildman–Crippen MR) is 132 cm³/mol. The Morgan fingerprint density at radius 3 is 2.44 bits per heavy atom. The van der Waals surface area contributed by atoms with Crippen molar-refractivity contribution < 1.29 is 23.7 Å². The Labute approximate surface area is 207 Å². The largest absolute Gasteiger partial charge is 0.492 e. The third-order valence-electron chi connectivity index (χ3n) is 6.27. The highest BCUT2D eigenvalue weighted by atomic mass is 35.5. The summed E-state index contributed by atoms with van der Waals surface area (Å²) in [7, 11) is 1.72. The quantitative estimate of drug-likeness (QED) is 0.506. The molecule has 2 aromatic carbocycles. The molecule has 2 heterocycles. The zero-order valence-electron chi connectivity index (χ0n) is 19.9. The fourth-order valence-electron chi connectivity index (χ4n) is 4.23. The minimum atomic E-state index is -0.554. The molecule has 0 amide bonds. The molecule has 2 aliphatic rings. The average Bonchev–Trinajstić information content (AvgIpc) is 3.07. The van der Waals surface area contributed by atoms with Crippen LogP contribution in [0.1, 0.15) is 5.56 Å². The Bertz CT molecular complexity index is 878. The number of hydrogen-bond donors (Lipinski definition) is 0. The number of nitrogens with zero attached hydrogens (tertiary/aromatic N) is 2. The molecule has 8 heteroatoms. The number of rotatable bonds is 10. The van der Waals surface area contributed by atoms with Crippen molar-refractivity contribution in [1.29, 1.82) is 0 Å². The summed E-state index contributed by atoms with van der Waals surface area (Å²) in [4.78, 5) is 4.73. The van der Waals surface area contributed by atoms with E-state index in [1.807, 2.05) is 24.3 Å². The van der Waals surface area contributed by atoms with Crippen molar-refractivity contribution in [2.45, 2.75) is 12.1 Å². The van der Waals surface area contributed by atoms with E-state index < -0.39 is 5.60 Å². The molecule has 1 atom stereocenters. The molecule has 186 valence electrons. The standard InChI is InChI=1S/C26H35ClN2O5/c1-30-26(21-34-25-4-2-3-23(27)17-25)19-29(11-15-32-20-26)18-22-5-7-24(8-6-22)33-16-12-28-9-13-31-14-10-28/h2-8,17H,9-16,18-21H2,1H3. The van der Waals surface area contributed by atoms with E-state index in [0.717, 1.165) is 57.4 Å². The number of benzene rings is 2. The van der Waals surface area contributed by atoms with Crippen molar-refractivity contribution in [3.63, 3.8) is 0 Å². The first-order chi connectivity index (χ1) is 16.6. The van der Waals surface area contributed by atoms with Crippen LogP contribution >= 0.6 is 11.6 Å². The van der Waals surface area contributed by atoms with E-state index in [2.05, 4.69) is 34.1 Å². The number of methoxy groups -OCH3 is 1. The first kappa shape index (κ1) is 25.2. The fraction of sp³-hybridized carbons (Fsp3) is 0.538. The van der Waals surface area contributed by atoms with Crippen molar-refractivity contribution in [1.82, 2.24) is 9.80 Å². The lowest BCUT2D eigenvalue weighted by molar-refractivity contribution is -0.0925. The molecule has 1 unspecified atom stereocenters. The first-order valence-electron chi connectivity index (χ1n) is 11.9. The zero-order valence-corrected chi connectivity index (χ0v) is 20.7. The molecule has 0 bridgehead atoms. The van der Waals surface area contributed by atoms with Gasteiger partial charge in [-0.25, -0.2) is 0 Å². The van der Waals surface area contributed by atoms with E-state index in [-0.39, 0.29) is 0 Å². The van der Waals surface area contributed by atoms with Gasteiger partial charge in [-0.2, -0.15) is 0 Å². The Kier molecular flexibility index (Phi) is 9.44. The maximum absolute atomic E-state index is 6.09. The summed E-state index contributed by atoms with van der Waals surface area (Å²) in [6.07, 6.45) is 0. The van der Waals surface area contributed by atoms with E-state index in [4.69, 9.17) is 35.3 Å². The van der Waals surface area contributed by atoms with E-state index in [9.17, 15) is 0 Å². The highest BCUT2D eigenvalue weighted by Gasteiger charge is 2.36. The molecule has 7 nitrogen and oxygen atoms in total. The lowest BCUT2D eigenvalue weighted by Crippen LogP contribution is -2.50. The maximum atomic E-state index is 6.09. The van der Waals surface area contributed by atoms with Crippen molar-refractivity contribution >= 4 is 11.6 Å². The highest BCUT2D eigenvalue weighted by Crippen LogP contribution is 2.23. The molecule has 0 aromatic heterocycles. The molecule has 2 fully saturated rings. The van der Waals surface area contributed by atoms with Crippen molar-refractivity contribution in [2.24, 2.45) is 0 Å². The lowest BCUT2D eigenvalue weighted by Gasteiger charge is -2.34. The molecule has 34 heavy (non-hydrogen) atoms. The number of ether oxygens (including phenoxy) is 5. The molecule has 0 N–H and O–H groups in total. The molecule has 4 rings (SSSR count). The van der Waals surface area contributed by atoms with Gasteiger partial charge in [0.15, 0.2) is 0 Å². The molecule has 2 saturated heterocycles. The molecule has 0 radical (unpaired) electrons. The molecule has 2 aromatic rings. The second-order valence-electron chi connectivity index (χ2n) is 8.84. The third kappa shape index (κ3) is 7.57. The van der Waals surface area contributed by atoms with Crippen LogP contribution in [0.5, 0.6) is 11.5 Å². The van der Waals surface area contributed by atoms with Crippen LogP contribution in [0.2, 0.25) is 5.02 Å². The number of morpholine rings is 1. The van der Waals surface area contributed by atoms with Crippen LogP contribution in [0.3, 0.4) is 0 Å². The maximum Gasteiger partial charge on any atom is 0.137 e. The van der Waals surface area contributed by atoms with Gasteiger partial charge >= 0.3 is 0 Å². The lowest BCUT2D eigenvalue weighted by atomic mass is 10.1. The van der Waals surface area contributed by atoms with Gasteiger partial charge < -0.3 is 23.7 Å². The van der Waals surface area contributed by atoms with Gasteiger partial charge in [-0.3, -0.25) is 9.80 Å². The minimum Gasteiger partial charge on any atom is -0.492 e. The van der Waals surface area contributed by atoms with E-state index in [1.165, 1.54) is 5.56 Å². The average molecular weight is 491 g/mol. The summed E-state index contributed by atoms with van der Waals surface area (Å²) in [6, 6.07) is 15.8. The van der Waals surface area contributed by atoms with Gasteiger partial charge in [0.05, 0.1) is 26.4 Å². The van der Waals surface area contributed by atoms with Crippen molar-refractivity contribution in [2.75, 3.05) is 79.5 Å². The summed E-state index contributed by atoms with van der Waals surface area (Å²) >= 11 is 6.09. The van der Waals surface area contributed by atoms with Gasteiger partial charge in [-0.05, 0) is 35.9 Å². The molecular formula is C26H35ClN2O5. The summed E-state index contributed by atoms with van der Waals surface area (Å²) in [5.74, 6) is 1.63. The van der Waals surface area contributed by atoms with E-state index >= 15 is 0 Å². The Balaban J connectivity index is 1.28. The number of halogens is 1. The highest BCUT2D eigenvalue weighted by molar-refractivity contribution is 6.30. The van der Waals surface area contributed by atoms with Gasteiger partial charge in [-0.1, -0.05) is 29.8 Å². The Morgan fingerprint density at radius 1 is 0.912 bits per heavy atom. The molecule has 0 spiro atoms. The summed E-state index contributed by atoms with van der Waals surface area (Å²) in [5, 5.41) is 0.649. The van der Waals surface area contributed by atoms with Crippen molar-refractivity contribution in [3.8, 4) is 11.5 Å². The van der Waals surface area contributed by atoms with Gasteiger partial charge in [0.1, 0.15) is 30.3 Å². The Morgan fingerprint density at radius 2 is 1.68 bits per heavy atom. The van der Waals surface area contributed by atoms with E-state index in [1.54, 1.807) is 7.11 Å². The second-order valence-corrected chi connectivity index (χ2v) is 9.28. The number of hydrogen-bond acceptors (Lipinski definition) is 7. The van der Waals surface area contributed by atoms with Crippen LogP contribution in [0, 0.1) is 0 Å². The van der Waals surface area contributed by atoms with Gasteiger partial charge in [0.25, 0.3) is 0 Å². The van der Waals surface area contributed by atoms with Crippen LogP contribution in [0.4, 0.5) is 0 Å². The molecule has 0 aliphatic carbocycles.